The Balaban J connectivity index is 1.51. The third-order valence-electron chi connectivity index (χ3n) is 5.17. The number of ether oxygens (including phenoxy) is 2. The summed E-state index contributed by atoms with van der Waals surface area (Å²) in [5.41, 5.74) is 0.886. The molecule has 2 aromatic carbocycles. The number of carbonyl (C=O) groups is 2. The molecule has 0 spiro atoms. The smallest absolute Gasteiger partial charge is 0.286 e. The van der Waals surface area contributed by atoms with E-state index in [1.807, 2.05) is 0 Å². The molecule has 32 heavy (non-hydrogen) atoms. The minimum atomic E-state index is -0.437. The number of methoxy groups -OCH3 is 2. The van der Waals surface area contributed by atoms with Crippen molar-refractivity contribution in [1.82, 2.24) is 15.1 Å². The lowest BCUT2D eigenvalue weighted by Crippen LogP contribution is -2.30. The largest absolute Gasteiger partial charge is 0.497 e. The zero-order valence-corrected chi connectivity index (χ0v) is 18.3. The Morgan fingerprint density at radius 3 is 2.62 bits per heavy atom. The molecule has 1 aliphatic rings. The second-order valence-corrected chi connectivity index (χ2v) is 8.14. The highest BCUT2D eigenvalue weighted by molar-refractivity contribution is 7.13. The van der Waals surface area contributed by atoms with Crippen molar-refractivity contribution in [3.05, 3.63) is 63.9 Å². The summed E-state index contributed by atoms with van der Waals surface area (Å²) in [6, 6.07) is 10.2. The normalized spacial score (nSPS) is 15.5. The van der Waals surface area contributed by atoms with Crippen molar-refractivity contribution in [3.63, 3.8) is 0 Å². The van der Waals surface area contributed by atoms with E-state index in [9.17, 15) is 14.0 Å². The minimum Gasteiger partial charge on any atom is -0.497 e. The average Bonchev–Trinajstić information content (AvgIpc) is 3.49. The summed E-state index contributed by atoms with van der Waals surface area (Å²) in [6.07, 6.45) is 1.53. The van der Waals surface area contributed by atoms with Gasteiger partial charge in [0.15, 0.2) is 0 Å². The van der Waals surface area contributed by atoms with Gasteiger partial charge < -0.3 is 19.7 Å². The first-order valence-electron chi connectivity index (χ1n) is 9.93. The summed E-state index contributed by atoms with van der Waals surface area (Å²) in [4.78, 5) is 27.5. The number of nitrogens with zero attached hydrogens (tertiary/aromatic N) is 3. The summed E-state index contributed by atoms with van der Waals surface area (Å²) in [5, 5.41) is 11.6. The van der Waals surface area contributed by atoms with Gasteiger partial charge in [0.05, 0.1) is 25.8 Å². The van der Waals surface area contributed by atoms with Crippen LogP contribution < -0.4 is 14.8 Å². The third-order valence-corrected chi connectivity index (χ3v) is 6.20. The zero-order chi connectivity index (χ0) is 22.7. The van der Waals surface area contributed by atoms with Crippen LogP contribution >= 0.6 is 11.3 Å². The quantitative estimate of drug-likeness (QED) is 0.604. The maximum atomic E-state index is 13.3. The number of benzene rings is 2. The van der Waals surface area contributed by atoms with Gasteiger partial charge in [0.1, 0.15) is 22.3 Å². The first-order chi connectivity index (χ1) is 15.5. The van der Waals surface area contributed by atoms with Crippen molar-refractivity contribution in [1.29, 1.82) is 0 Å². The highest BCUT2D eigenvalue weighted by Crippen LogP contribution is 2.36. The van der Waals surface area contributed by atoms with E-state index in [4.69, 9.17) is 9.47 Å². The molecule has 10 heteroatoms. The van der Waals surface area contributed by atoms with Crippen molar-refractivity contribution in [2.45, 2.75) is 18.9 Å². The van der Waals surface area contributed by atoms with Gasteiger partial charge in [-0.15, -0.1) is 10.2 Å². The van der Waals surface area contributed by atoms with Crippen LogP contribution in [0.15, 0.2) is 42.5 Å². The summed E-state index contributed by atoms with van der Waals surface area (Å²) in [6.45, 7) is 0.565. The van der Waals surface area contributed by atoms with Gasteiger partial charge in [0.2, 0.25) is 5.01 Å². The van der Waals surface area contributed by atoms with Gasteiger partial charge in [-0.25, -0.2) is 4.39 Å². The zero-order valence-electron chi connectivity index (χ0n) is 17.5. The number of rotatable bonds is 6. The van der Waals surface area contributed by atoms with Crippen LogP contribution in [0.3, 0.4) is 0 Å². The van der Waals surface area contributed by atoms with Crippen LogP contribution in [0.25, 0.3) is 0 Å². The lowest BCUT2D eigenvalue weighted by atomic mass is 10.1. The molecule has 1 aromatic heterocycles. The average molecular weight is 456 g/mol. The van der Waals surface area contributed by atoms with Crippen LogP contribution in [0.5, 0.6) is 11.5 Å². The molecule has 8 nitrogen and oxygen atoms in total. The maximum absolute atomic E-state index is 13.3. The number of nitrogens with one attached hydrogen (secondary N) is 1. The predicted octanol–water partition coefficient (Wildman–Crippen LogP) is 3.92. The SMILES string of the molecule is COc1ccc(C(=O)N2CCCC2c2nnc(C(=O)Nc3ccc(F)cc3)s2)c(OC)c1. The minimum absolute atomic E-state index is 0.172. The Kier molecular flexibility index (Phi) is 6.31. The molecule has 0 radical (unpaired) electrons. The van der Waals surface area contributed by atoms with E-state index in [1.54, 1.807) is 30.2 Å². The molecule has 0 saturated carbocycles. The number of likely N-dealkylation sites (tertiary alicyclic amines) is 1. The number of carbonyl (C=O) groups excluding carboxylic acids is 2. The predicted molar refractivity (Wildman–Crippen MR) is 117 cm³/mol. The highest BCUT2D eigenvalue weighted by Gasteiger charge is 2.34. The van der Waals surface area contributed by atoms with Crippen LogP contribution in [-0.4, -0.2) is 47.7 Å². The summed E-state index contributed by atoms with van der Waals surface area (Å²) < 4.78 is 23.6. The maximum Gasteiger partial charge on any atom is 0.286 e. The molecule has 1 saturated heterocycles. The van der Waals surface area contributed by atoms with E-state index in [0.29, 0.717) is 34.3 Å². The summed E-state index contributed by atoms with van der Waals surface area (Å²) in [7, 11) is 3.05. The first-order valence-corrected chi connectivity index (χ1v) is 10.7. The Bertz CT molecular complexity index is 1140. The molecule has 166 valence electrons. The monoisotopic (exact) mass is 456 g/mol. The van der Waals surface area contributed by atoms with E-state index in [0.717, 1.165) is 24.2 Å². The summed E-state index contributed by atoms with van der Waals surface area (Å²) >= 11 is 1.14. The Morgan fingerprint density at radius 1 is 1.12 bits per heavy atom. The number of amides is 2. The van der Waals surface area contributed by atoms with Crippen LogP contribution in [0, 0.1) is 5.82 Å². The number of hydrogen-bond donors (Lipinski definition) is 1. The highest BCUT2D eigenvalue weighted by atomic mass is 32.1. The van der Waals surface area contributed by atoms with Crippen LogP contribution in [0.2, 0.25) is 0 Å². The fourth-order valence-corrected chi connectivity index (χ4v) is 4.46. The number of hydrogen-bond acceptors (Lipinski definition) is 7. The topological polar surface area (TPSA) is 93.7 Å². The van der Waals surface area contributed by atoms with E-state index in [-0.39, 0.29) is 22.8 Å². The molecule has 1 unspecified atom stereocenters. The lowest BCUT2D eigenvalue weighted by Gasteiger charge is -2.23. The van der Waals surface area contributed by atoms with Crippen LogP contribution in [-0.2, 0) is 0 Å². The summed E-state index contributed by atoms with van der Waals surface area (Å²) in [5.74, 6) is 0.0159. The van der Waals surface area contributed by atoms with E-state index >= 15 is 0 Å². The van der Waals surface area contributed by atoms with Crippen molar-refractivity contribution in [3.8, 4) is 11.5 Å². The molecule has 1 atom stereocenters. The molecule has 2 amide bonds. The molecular formula is C22H21FN4O4S. The molecule has 1 aliphatic heterocycles. The van der Waals surface area contributed by atoms with Crippen LogP contribution in [0.1, 0.15) is 44.1 Å². The standard InChI is InChI=1S/C22H21FN4O4S/c1-30-15-9-10-16(18(12-15)31-2)22(29)27-11-3-4-17(27)20-25-26-21(32-20)19(28)24-14-7-5-13(23)6-8-14/h5-10,12,17H,3-4,11H2,1-2H3,(H,24,28). The number of halogens is 1. The second kappa shape index (κ2) is 9.31. The molecule has 4 rings (SSSR count). The number of aromatic nitrogens is 2. The van der Waals surface area contributed by atoms with Gasteiger partial charge in [-0.2, -0.15) is 0 Å². The first kappa shape index (κ1) is 21.7. The van der Waals surface area contributed by atoms with Gasteiger partial charge in [-0.05, 0) is 49.2 Å². The molecular weight excluding hydrogens is 435 g/mol. The molecule has 1 N–H and O–H groups in total. The fraction of sp³-hybridized carbons (Fsp3) is 0.273. The lowest BCUT2D eigenvalue weighted by molar-refractivity contribution is 0.0731. The van der Waals surface area contributed by atoms with E-state index in [1.165, 1.54) is 31.4 Å². The van der Waals surface area contributed by atoms with Crippen LogP contribution in [0.4, 0.5) is 10.1 Å². The van der Waals surface area contributed by atoms with Gasteiger partial charge in [0.25, 0.3) is 11.8 Å². The van der Waals surface area contributed by atoms with E-state index < -0.39 is 5.91 Å². The van der Waals surface area contributed by atoms with Gasteiger partial charge >= 0.3 is 0 Å². The fourth-order valence-electron chi connectivity index (χ4n) is 3.58. The van der Waals surface area contributed by atoms with Gasteiger partial charge in [-0.1, -0.05) is 11.3 Å². The molecule has 2 heterocycles. The second-order valence-electron chi connectivity index (χ2n) is 7.13. The van der Waals surface area contributed by atoms with Crippen molar-refractivity contribution >= 4 is 28.8 Å². The van der Waals surface area contributed by atoms with Gasteiger partial charge in [0, 0.05) is 18.3 Å². The Morgan fingerprint density at radius 2 is 1.91 bits per heavy atom. The molecule has 1 fully saturated rings. The van der Waals surface area contributed by atoms with Crippen molar-refractivity contribution in [2.24, 2.45) is 0 Å². The Labute approximate surface area is 188 Å². The molecule has 0 aliphatic carbocycles. The molecule has 0 bridgehead atoms. The van der Waals surface area contributed by atoms with E-state index in [2.05, 4.69) is 15.5 Å². The van der Waals surface area contributed by atoms with Crippen molar-refractivity contribution < 1.29 is 23.5 Å². The number of anilines is 1. The van der Waals surface area contributed by atoms with Crippen molar-refractivity contribution in [2.75, 3.05) is 26.1 Å². The molecule has 3 aromatic rings. The van der Waals surface area contributed by atoms with Gasteiger partial charge in [-0.3, -0.25) is 9.59 Å². The third kappa shape index (κ3) is 4.40. The Hall–Kier alpha value is -3.53.